The zero-order valence-corrected chi connectivity index (χ0v) is 20.4. The van der Waals surface area contributed by atoms with Crippen molar-refractivity contribution in [3.05, 3.63) is 53.6 Å². The lowest BCUT2D eigenvalue weighted by atomic mass is 10.0. The summed E-state index contributed by atoms with van der Waals surface area (Å²) < 4.78 is 16.3. The van der Waals surface area contributed by atoms with Crippen molar-refractivity contribution in [3.8, 4) is 17.2 Å². The van der Waals surface area contributed by atoms with Gasteiger partial charge in [0.25, 0.3) is 11.8 Å². The van der Waals surface area contributed by atoms with Gasteiger partial charge in [-0.2, -0.15) is 0 Å². The molecule has 1 heterocycles. The molecule has 2 amide bonds. The van der Waals surface area contributed by atoms with Crippen molar-refractivity contribution in [3.63, 3.8) is 0 Å². The highest BCUT2D eigenvalue weighted by molar-refractivity contribution is 5.95. The molecule has 1 fully saturated rings. The Morgan fingerprint density at radius 2 is 1.68 bits per heavy atom. The third-order valence-corrected chi connectivity index (χ3v) is 5.77. The first kappa shape index (κ1) is 25.4. The summed E-state index contributed by atoms with van der Waals surface area (Å²) in [4.78, 5) is 27.2. The molecule has 0 saturated carbocycles. The Morgan fingerprint density at radius 1 is 0.971 bits per heavy atom. The van der Waals surface area contributed by atoms with E-state index < -0.39 is 0 Å². The van der Waals surface area contributed by atoms with Crippen LogP contribution in [0.25, 0.3) is 0 Å². The van der Waals surface area contributed by atoms with Gasteiger partial charge in [0, 0.05) is 18.2 Å². The van der Waals surface area contributed by atoms with Crippen LogP contribution < -0.4 is 24.8 Å². The Balaban J connectivity index is 1.66. The zero-order valence-electron chi connectivity index (χ0n) is 20.4. The molecule has 8 nitrogen and oxygen atoms in total. The number of rotatable bonds is 11. The van der Waals surface area contributed by atoms with Crippen molar-refractivity contribution >= 4 is 11.8 Å². The lowest BCUT2D eigenvalue weighted by molar-refractivity contribution is -0.123. The molecule has 0 aromatic heterocycles. The molecule has 2 N–H and O–H groups in total. The Morgan fingerprint density at radius 3 is 2.29 bits per heavy atom. The number of benzene rings is 2. The van der Waals surface area contributed by atoms with Gasteiger partial charge in [0.15, 0.2) is 18.1 Å². The molecule has 1 aliphatic heterocycles. The van der Waals surface area contributed by atoms with Crippen LogP contribution in [0.1, 0.15) is 48.7 Å². The third-order valence-electron chi connectivity index (χ3n) is 5.77. The Hall–Kier alpha value is -3.26. The SMILES string of the molecule is COc1ccc(C(CNC(=O)c2ccc(OCC(=O)NC(C)C)c(OC)c2)N2CCCC2)cc1. The summed E-state index contributed by atoms with van der Waals surface area (Å²) in [6, 6.07) is 13.1. The van der Waals surface area contributed by atoms with Crippen LogP contribution in [0.5, 0.6) is 17.2 Å². The van der Waals surface area contributed by atoms with Crippen LogP contribution in [-0.4, -0.2) is 63.2 Å². The van der Waals surface area contributed by atoms with E-state index in [4.69, 9.17) is 14.2 Å². The van der Waals surface area contributed by atoms with Crippen LogP contribution in [0.2, 0.25) is 0 Å². The number of amides is 2. The molecule has 2 aromatic carbocycles. The molecular weight excluding hydrogens is 434 g/mol. The second-order valence-electron chi connectivity index (χ2n) is 8.62. The maximum Gasteiger partial charge on any atom is 0.258 e. The minimum atomic E-state index is -0.217. The number of likely N-dealkylation sites (tertiary alicyclic amines) is 1. The van der Waals surface area contributed by atoms with Crippen LogP contribution in [0.3, 0.4) is 0 Å². The largest absolute Gasteiger partial charge is 0.497 e. The molecule has 0 aliphatic carbocycles. The summed E-state index contributed by atoms with van der Waals surface area (Å²) in [5, 5.41) is 5.84. The highest BCUT2D eigenvalue weighted by atomic mass is 16.5. The zero-order chi connectivity index (χ0) is 24.5. The molecular formula is C26H35N3O5. The van der Waals surface area contributed by atoms with E-state index in [-0.39, 0.29) is 30.5 Å². The smallest absolute Gasteiger partial charge is 0.258 e. The second-order valence-corrected chi connectivity index (χ2v) is 8.62. The lowest BCUT2D eigenvalue weighted by Gasteiger charge is -2.28. The summed E-state index contributed by atoms with van der Waals surface area (Å²) in [6.45, 7) is 6.15. The first-order valence-electron chi connectivity index (χ1n) is 11.7. The number of ether oxygens (including phenoxy) is 3. The van der Waals surface area contributed by atoms with Crippen LogP contribution in [0, 0.1) is 0 Å². The van der Waals surface area contributed by atoms with Crippen molar-refractivity contribution < 1.29 is 23.8 Å². The van der Waals surface area contributed by atoms with E-state index >= 15 is 0 Å². The highest BCUT2D eigenvalue weighted by Gasteiger charge is 2.24. The fourth-order valence-corrected chi connectivity index (χ4v) is 4.06. The van der Waals surface area contributed by atoms with E-state index in [0.29, 0.717) is 23.6 Å². The van der Waals surface area contributed by atoms with Crippen LogP contribution >= 0.6 is 0 Å². The van der Waals surface area contributed by atoms with Crippen LogP contribution in [0.4, 0.5) is 0 Å². The van der Waals surface area contributed by atoms with E-state index in [0.717, 1.165) is 37.2 Å². The number of nitrogens with one attached hydrogen (secondary N) is 2. The maximum atomic E-state index is 13.0. The lowest BCUT2D eigenvalue weighted by Crippen LogP contribution is -2.36. The molecule has 1 unspecified atom stereocenters. The molecule has 1 atom stereocenters. The van der Waals surface area contributed by atoms with Gasteiger partial charge >= 0.3 is 0 Å². The van der Waals surface area contributed by atoms with Gasteiger partial charge in [0.1, 0.15) is 5.75 Å². The maximum absolute atomic E-state index is 13.0. The third kappa shape index (κ3) is 6.87. The van der Waals surface area contributed by atoms with Crippen molar-refractivity contribution in [2.24, 2.45) is 0 Å². The predicted octanol–water partition coefficient (Wildman–Crippen LogP) is 3.17. The van der Waals surface area contributed by atoms with Gasteiger partial charge in [0.2, 0.25) is 0 Å². The summed E-state index contributed by atoms with van der Waals surface area (Å²) in [5.74, 6) is 1.21. The van der Waals surface area contributed by atoms with E-state index in [1.165, 1.54) is 7.11 Å². The monoisotopic (exact) mass is 469 g/mol. The molecule has 2 aromatic rings. The number of carbonyl (C=O) groups excluding carboxylic acids is 2. The quantitative estimate of drug-likeness (QED) is 0.526. The Bertz CT molecular complexity index is 955. The molecule has 8 heteroatoms. The summed E-state index contributed by atoms with van der Waals surface area (Å²) in [5.41, 5.74) is 1.61. The van der Waals surface area contributed by atoms with Gasteiger partial charge in [-0.3, -0.25) is 14.5 Å². The predicted molar refractivity (Wildman–Crippen MR) is 131 cm³/mol. The second kappa shape index (κ2) is 12.3. The topological polar surface area (TPSA) is 89.1 Å². The number of hydrogen-bond acceptors (Lipinski definition) is 6. The van der Waals surface area contributed by atoms with E-state index in [1.807, 2.05) is 26.0 Å². The molecule has 0 spiro atoms. The molecule has 3 rings (SSSR count). The van der Waals surface area contributed by atoms with Crippen molar-refractivity contribution in [2.75, 3.05) is 40.5 Å². The van der Waals surface area contributed by atoms with Crippen LogP contribution in [0.15, 0.2) is 42.5 Å². The number of methoxy groups -OCH3 is 2. The van der Waals surface area contributed by atoms with Gasteiger partial charge < -0.3 is 24.8 Å². The minimum Gasteiger partial charge on any atom is -0.497 e. The summed E-state index contributed by atoms with van der Waals surface area (Å²) in [7, 11) is 3.16. The van der Waals surface area contributed by atoms with Crippen molar-refractivity contribution in [1.82, 2.24) is 15.5 Å². The van der Waals surface area contributed by atoms with E-state index in [9.17, 15) is 9.59 Å². The van der Waals surface area contributed by atoms with Gasteiger partial charge in [-0.25, -0.2) is 0 Å². The molecule has 34 heavy (non-hydrogen) atoms. The first-order chi connectivity index (χ1) is 16.4. The highest BCUT2D eigenvalue weighted by Crippen LogP contribution is 2.29. The molecule has 0 radical (unpaired) electrons. The summed E-state index contributed by atoms with van der Waals surface area (Å²) >= 11 is 0. The molecule has 184 valence electrons. The van der Waals surface area contributed by atoms with Crippen molar-refractivity contribution in [1.29, 1.82) is 0 Å². The van der Waals surface area contributed by atoms with E-state index in [2.05, 4.69) is 27.7 Å². The number of nitrogens with zero attached hydrogens (tertiary/aromatic N) is 1. The first-order valence-corrected chi connectivity index (χ1v) is 11.7. The average molecular weight is 470 g/mol. The van der Waals surface area contributed by atoms with Crippen LogP contribution in [-0.2, 0) is 4.79 Å². The van der Waals surface area contributed by atoms with E-state index in [1.54, 1.807) is 25.3 Å². The Labute approximate surface area is 201 Å². The molecule has 0 bridgehead atoms. The Kier molecular flexibility index (Phi) is 9.16. The normalized spacial score (nSPS) is 14.5. The van der Waals surface area contributed by atoms with Gasteiger partial charge in [0.05, 0.1) is 20.3 Å². The molecule has 1 aliphatic rings. The fraction of sp³-hybridized carbons (Fsp3) is 0.462. The van der Waals surface area contributed by atoms with Gasteiger partial charge in [-0.15, -0.1) is 0 Å². The number of carbonyl (C=O) groups is 2. The van der Waals surface area contributed by atoms with Gasteiger partial charge in [-0.1, -0.05) is 12.1 Å². The standard InChI is InChI=1S/C26H35N3O5/c1-18(2)28-25(30)17-34-23-12-9-20(15-24(23)33-4)26(31)27-16-22(29-13-5-6-14-29)19-7-10-21(32-3)11-8-19/h7-12,15,18,22H,5-6,13-14,16-17H2,1-4H3,(H,27,31)(H,28,30). The van der Waals surface area contributed by atoms with Crippen molar-refractivity contribution in [2.45, 2.75) is 38.8 Å². The molecule has 1 saturated heterocycles. The summed E-state index contributed by atoms with van der Waals surface area (Å²) in [6.07, 6.45) is 2.32. The number of hydrogen-bond donors (Lipinski definition) is 2. The average Bonchev–Trinajstić information content (AvgIpc) is 3.37. The van der Waals surface area contributed by atoms with Gasteiger partial charge in [-0.05, 0) is 75.7 Å². The minimum absolute atomic E-state index is 0.0337. The fourth-order valence-electron chi connectivity index (χ4n) is 4.06.